The standard InChI is InChI=1S/C13H19NO5/c1-14-9(13(15)18-4)8-19-12-10(16-2)6-5-7-11(12)17-3/h5-7,9,14H,8H2,1-4H3. The molecule has 1 N–H and O–H groups in total. The lowest BCUT2D eigenvalue weighted by molar-refractivity contribution is -0.143. The van der Waals surface area contributed by atoms with Crippen molar-refractivity contribution < 1.29 is 23.7 Å². The molecule has 0 saturated carbocycles. The van der Waals surface area contributed by atoms with Gasteiger partial charge in [0.2, 0.25) is 5.75 Å². The Morgan fingerprint density at radius 3 is 2.21 bits per heavy atom. The summed E-state index contributed by atoms with van der Waals surface area (Å²) in [6.07, 6.45) is 0. The molecule has 0 spiro atoms. The molecule has 0 heterocycles. The van der Waals surface area contributed by atoms with Crippen LogP contribution in [0.3, 0.4) is 0 Å². The summed E-state index contributed by atoms with van der Waals surface area (Å²) in [6, 6.07) is 4.74. The molecule has 1 aromatic rings. The van der Waals surface area contributed by atoms with E-state index in [1.807, 2.05) is 0 Å². The molecule has 0 aliphatic heterocycles. The largest absolute Gasteiger partial charge is 0.493 e. The molecule has 0 fully saturated rings. The Hall–Kier alpha value is -1.95. The lowest BCUT2D eigenvalue weighted by Crippen LogP contribution is -2.40. The van der Waals surface area contributed by atoms with E-state index in [0.717, 1.165) is 0 Å². The van der Waals surface area contributed by atoms with Crippen molar-refractivity contribution in [2.45, 2.75) is 6.04 Å². The molecule has 19 heavy (non-hydrogen) atoms. The molecule has 0 aromatic heterocycles. The van der Waals surface area contributed by atoms with Gasteiger partial charge in [-0.05, 0) is 19.2 Å². The minimum Gasteiger partial charge on any atom is -0.493 e. The Balaban J connectivity index is 2.83. The van der Waals surface area contributed by atoms with E-state index in [9.17, 15) is 4.79 Å². The molecule has 1 unspecified atom stereocenters. The second-order valence-electron chi connectivity index (χ2n) is 3.67. The van der Waals surface area contributed by atoms with Crippen LogP contribution in [0.1, 0.15) is 0 Å². The van der Waals surface area contributed by atoms with Crippen molar-refractivity contribution in [2.24, 2.45) is 0 Å². The average Bonchev–Trinajstić information content (AvgIpc) is 2.47. The summed E-state index contributed by atoms with van der Waals surface area (Å²) in [7, 11) is 6.07. The fraction of sp³-hybridized carbons (Fsp3) is 0.462. The fourth-order valence-corrected chi connectivity index (χ4v) is 1.54. The van der Waals surface area contributed by atoms with Gasteiger partial charge in [0.1, 0.15) is 12.6 Å². The molecular formula is C13H19NO5. The van der Waals surface area contributed by atoms with E-state index < -0.39 is 12.0 Å². The van der Waals surface area contributed by atoms with E-state index in [1.54, 1.807) is 25.2 Å². The van der Waals surface area contributed by atoms with Crippen LogP contribution in [0.25, 0.3) is 0 Å². The highest BCUT2D eigenvalue weighted by molar-refractivity contribution is 5.75. The van der Waals surface area contributed by atoms with Crippen molar-refractivity contribution in [3.8, 4) is 17.2 Å². The highest BCUT2D eigenvalue weighted by Gasteiger charge is 2.20. The molecule has 1 atom stereocenters. The predicted octanol–water partition coefficient (Wildman–Crippen LogP) is 0.844. The number of likely N-dealkylation sites (N-methyl/N-ethyl adjacent to an activating group) is 1. The van der Waals surface area contributed by atoms with Gasteiger partial charge in [-0.25, -0.2) is 0 Å². The second-order valence-corrected chi connectivity index (χ2v) is 3.67. The minimum absolute atomic E-state index is 0.111. The number of hydrogen-bond acceptors (Lipinski definition) is 6. The van der Waals surface area contributed by atoms with Crippen molar-refractivity contribution in [2.75, 3.05) is 35.0 Å². The molecule has 6 heteroatoms. The van der Waals surface area contributed by atoms with Gasteiger partial charge in [-0.1, -0.05) is 6.07 Å². The maximum atomic E-state index is 11.4. The van der Waals surface area contributed by atoms with Gasteiger partial charge in [-0.15, -0.1) is 0 Å². The van der Waals surface area contributed by atoms with E-state index in [4.69, 9.17) is 14.2 Å². The third kappa shape index (κ3) is 3.75. The van der Waals surface area contributed by atoms with Gasteiger partial charge in [0.05, 0.1) is 21.3 Å². The van der Waals surface area contributed by atoms with Crippen molar-refractivity contribution >= 4 is 5.97 Å². The topological polar surface area (TPSA) is 66.0 Å². The SMILES string of the molecule is CNC(COc1c(OC)cccc1OC)C(=O)OC. The Labute approximate surface area is 112 Å². The van der Waals surface area contributed by atoms with E-state index in [1.165, 1.54) is 21.3 Å². The highest BCUT2D eigenvalue weighted by atomic mass is 16.5. The van der Waals surface area contributed by atoms with Gasteiger partial charge in [-0.3, -0.25) is 4.79 Å². The van der Waals surface area contributed by atoms with Crippen molar-refractivity contribution in [1.82, 2.24) is 5.32 Å². The van der Waals surface area contributed by atoms with Crippen LogP contribution in [0, 0.1) is 0 Å². The van der Waals surface area contributed by atoms with Crippen molar-refractivity contribution in [3.63, 3.8) is 0 Å². The first-order valence-electron chi connectivity index (χ1n) is 5.76. The first-order valence-corrected chi connectivity index (χ1v) is 5.76. The van der Waals surface area contributed by atoms with Crippen molar-refractivity contribution in [1.29, 1.82) is 0 Å². The summed E-state index contributed by atoms with van der Waals surface area (Å²) in [5.41, 5.74) is 0. The zero-order valence-electron chi connectivity index (χ0n) is 11.6. The summed E-state index contributed by atoms with van der Waals surface area (Å²) in [4.78, 5) is 11.4. The maximum Gasteiger partial charge on any atom is 0.326 e. The van der Waals surface area contributed by atoms with Gasteiger partial charge in [-0.2, -0.15) is 0 Å². The molecule has 6 nitrogen and oxygen atoms in total. The Morgan fingerprint density at radius 2 is 1.79 bits per heavy atom. The van der Waals surface area contributed by atoms with Gasteiger partial charge in [0.25, 0.3) is 0 Å². The first kappa shape index (κ1) is 15.1. The van der Waals surface area contributed by atoms with Crippen LogP contribution in [0.4, 0.5) is 0 Å². The van der Waals surface area contributed by atoms with E-state index in [0.29, 0.717) is 17.2 Å². The number of benzene rings is 1. The quantitative estimate of drug-likeness (QED) is 0.740. The van der Waals surface area contributed by atoms with Gasteiger partial charge >= 0.3 is 5.97 Å². The summed E-state index contributed by atoms with van der Waals surface area (Å²) < 4.78 is 20.7. The molecule has 106 valence electrons. The van der Waals surface area contributed by atoms with Crippen LogP contribution >= 0.6 is 0 Å². The summed E-state index contributed by atoms with van der Waals surface area (Å²) in [6.45, 7) is 0.111. The van der Waals surface area contributed by atoms with Crippen LogP contribution in [-0.4, -0.2) is 47.0 Å². The Morgan fingerprint density at radius 1 is 1.21 bits per heavy atom. The fourth-order valence-electron chi connectivity index (χ4n) is 1.54. The lowest BCUT2D eigenvalue weighted by atomic mass is 10.3. The van der Waals surface area contributed by atoms with Gasteiger partial charge in [0.15, 0.2) is 11.5 Å². The molecule has 0 aliphatic rings. The van der Waals surface area contributed by atoms with Crippen LogP contribution < -0.4 is 19.5 Å². The number of carbonyl (C=O) groups excluding carboxylic acids is 1. The number of para-hydroxylation sites is 1. The zero-order chi connectivity index (χ0) is 14.3. The summed E-state index contributed by atoms with van der Waals surface area (Å²) in [5, 5.41) is 2.82. The monoisotopic (exact) mass is 269 g/mol. The van der Waals surface area contributed by atoms with E-state index >= 15 is 0 Å². The second kappa shape index (κ2) is 7.48. The number of hydrogen-bond donors (Lipinski definition) is 1. The number of esters is 1. The van der Waals surface area contributed by atoms with Crippen LogP contribution in [0.5, 0.6) is 17.2 Å². The van der Waals surface area contributed by atoms with Crippen molar-refractivity contribution in [3.05, 3.63) is 18.2 Å². The van der Waals surface area contributed by atoms with Crippen LogP contribution in [0.15, 0.2) is 18.2 Å². The molecule has 0 saturated heterocycles. The van der Waals surface area contributed by atoms with Gasteiger partial charge < -0.3 is 24.3 Å². The molecule has 0 amide bonds. The Bertz CT molecular complexity index is 399. The number of rotatable bonds is 7. The molecule has 1 aromatic carbocycles. The average molecular weight is 269 g/mol. The lowest BCUT2D eigenvalue weighted by Gasteiger charge is -2.17. The maximum absolute atomic E-state index is 11.4. The minimum atomic E-state index is -0.556. The molecule has 0 aliphatic carbocycles. The summed E-state index contributed by atoms with van der Waals surface area (Å²) >= 11 is 0. The Kier molecular flexibility index (Phi) is 5.95. The molecule has 0 radical (unpaired) electrons. The predicted molar refractivity (Wildman–Crippen MR) is 69.9 cm³/mol. The summed E-state index contributed by atoms with van der Waals surface area (Å²) in [5.74, 6) is 1.14. The smallest absolute Gasteiger partial charge is 0.326 e. The number of methoxy groups -OCH3 is 3. The third-order valence-electron chi connectivity index (χ3n) is 2.61. The third-order valence-corrected chi connectivity index (χ3v) is 2.61. The number of carbonyl (C=O) groups is 1. The normalized spacial score (nSPS) is 11.6. The van der Waals surface area contributed by atoms with Crippen LogP contribution in [-0.2, 0) is 9.53 Å². The van der Waals surface area contributed by atoms with Gasteiger partial charge in [0, 0.05) is 0 Å². The number of nitrogens with one attached hydrogen (secondary N) is 1. The first-order chi connectivity index (χ1) is 9.17. The molecule has 0 bridgehead atoms. The highest BCUT2D eigenvalue weighted by Crippen LogP contribution is 2.36. The van der Waals surface area contributed by atoms with E-state index in [2.05, 4.69) is 10.1 Å². The van der Waals surface area contributed by atoms with E-state index in [-0.39, 0.29) is 6.61 Å². The number of ether oxygens (including phenoxy) is 4. The molecular weight excluding hydrogens is 250 g/mol. The molecule has 1 rings (SSSR count). The van der Waals surface area contributed by atoms with Crippen LogP contribution in [0.2, 0.25) is 0 Å². The zero-order valence-corrected chi connectivity index (χ0v) is 11.6.